The first kappa shape index (κ1) is 16.4. The van der Waals surface area contributed by atoms with Crippen molar-refractivity contribution in [1.29, 1.82) is 0 Å². The maximum Gasteiger partial charge on any atom is 0.417 e. The second kappa shape index (κ2) is 5.65. The van der Waals surface area contributed by atoms with Crippen molar-refractivity contribution in [2.75, 3.05) is 6.26 Å². The smallest absolute Gasteiger partial charge is 0.338 e. The summed E-state index contributed by atoms with van der Waals surface area (Å²) in [6.07, 6.45) is -3.91. The molecule has 0 saturated heterocycles. The molecule has 1 aromatic carbocycles. The third-order valence-electron chi connectivity index (χ3n) is 2.48. The summed E-state index contributed by atoms with van der Waals surface area (Å²) >= 11 is 0. The first-order valence-corrected chi connectivity index (χ1v) is 7.60. The molecule has 0 bridgehead atoms. The standard InChI is InChI=1S/C11H9F4N3O3S/c1-22(19,20)16-5-9-17-10(18-21-9)7-3-2-6(12)4-8(7)11(13,14)15/h2-4,16H,5H2,1H3. The van der Waals surface area contributed by atoms with E-state index in [2.05, 4.69) is 19.4 Å². The van der Waals surface area contributed by atoms with Crippen LogP contribution in [0, 0.1) is 5.82 Å². The molecule has 6 nitrogen and oxygen atoms in total. The lowest BCUT2D eigenvalue weighted by Crippen LogP contribution is -2.21. The predicted molar refractivity (Wildman–Crippen MR) is 66.4 cm³/mol. The van der Waals surface area contributed by atoms with Gasteiger partial charge in [0.2, 0.25) is 21.7 Å². The first-order valence-electron chi connectivity index (χ1n) is 5.70. The van der Waals surface area contributed by atoms with E-state index in [0.717, 1.165) is 18.4 Å². The number of benzene rings is 1. The van der Waals surface area contributed by atoms with Crippen molar-refractivity contribution < 1.29 is 30.5 Å². The highest BCUT2D eigenvalue weighted by Gasteiger charge is 2.35. The van der Waals surface area contributed by atoms with E-state index in [9.17, 15) is 26.0 Å². The third-order valence-corrected chi connectivity index (χ3v) is 3.15. The monoisotopic (exact) mass is 339 g/mol. The van der Waals surface area contributed by atoms with Crippen molar-refractivity contribution in [3.8, 4) is 11.4 Å². The fourth-order valence-corrected chi connectivity index (χ4v) is 1.96. The molecule has 0 aliphatic rings. The molecule has 1 heterocycles. The summed E-state index contributed by atoms with van der Waals surface area (Å²) in [5.41, 5.74) is -1.72. The highest BCUT2D eigenvalue weighted by molar-refractivity contribution is 7.88. The molecule has 1 N–H and O–H groups in total. The molecule has 0 saturated carbocycles. The van der Waals surface area contributed by atoms with Gasteiger partial charge in [0, 0.05) is 5.56 Å². The maximum atomic E-state index is 13.0. The van der Waals surface area contributed by atoms with Gasteiger partial charge in [0.05, 0.1) is 18.4 Å². The number of halogens is 4. The predicted octanol–water partition coefficient (Wildman–Crippen LogP) is 1.94. The van der Waals surface area contributed by atoms with E-state index in [1.807, 2.05) is 0 Å². The highest BCUT2D eigenvalue weighted by Crippen LogP contribution is 2.36. The van der Waals surface area contributed by atoms with Crippen molar-refractivity contribution in [1.82, 2.24) is 14.9 Å². The van der Waals surface area contributed by atoms with Crippen molar-refractivity contribution >= 4 is 10.0 Å². The van der Waals surface area contributed by atoms with Crippen LogP contribution in [0.3, 0.4) is 0 Å². The van der Waals surface area contributed by atoms with Gasteiger partial charge in [-0.1, -0.05) is 5.16 Å². The molecule has 0 aliphatic carbocycles. The number of nitrogens with one attached hydrogen (secondary N) is 1. The van der Waals surface area contributed by atoms with Gasteiger partial charge in [-0.05, 0) is 18.2 Å². The lowest BCUT2D eigenvalue weighted by Gasteiger charge is -2.10. The number of aromatic nitrogens is 2. The molecule has 2 rings (SSSR count). The van der Waals surface area contributed by atoms with E-state index in [-0.39, 0.29) is 12.4 Å². The van der Waals surface area contributed by atoms with Crippen molar-refractivity contribution in [2.45, 2.75) is 12.7 Å². The van der Waals surface area contributed by atoms with Crippen LogP contribution in [0.4, 0.5) is 17.6 Å². The molecule has 2 aromatic rings. The van der Waals surface area contributed by atoms with Gasteiger partial charge in [-0.25, -0.2) is 17.5 Å². The molecule has 0 spiro atoms. The SMILES string of the molecule is CS(=O)(=O)NCc1nc(-c2ccc(F)cc2C(F)(F)F)no1. The molecule has 0 unspecified atom stereocenters. The van der Waals surface area contributed by atoms with Gasteiger partial charge in [0.25, 0.3) is 0 Å². The third kappa shape index (κ3) is 4.01. The summed E-state index contributed by atoms with van der Waals surface area (Å²) < 4.78 is 80.2. The summed E-state index contributed by atoms with van der Waals surface area (Å²) in [6, 6.07) is 2.02. The minimum atomic E-state index is -4.80. The zero-order chi connectivity index (χ0) is 16.5. The second-order valence-corrected chi connectivity index (χ2v) is 6.13. The van der Waals surface area contributed by atoms with E-state index in [1.165, 1.54) is 0 Å². The normalized spacial score (nSPS) is 12.6. The number of alkyl halides is 3. The number of nitrogens with zero attached hydrogens (tertiary/aromatic N) is 2. The zero-order valence-electron chi connectivity index (χ0n) is 11.0. The fraction of sp³-hybridized carbons (Fsp3) is 0.273. The number of hydrogen-bond acceptors (Lipinski definition) is 5. The number of hydrogen-bond donors (Lipinski definition) is 1. The van der Waals surface area contributed by atoms with E-state index >= 15 is 0 Å². The molecule has 0 fully saturated rings. The van der Waals surface area contributed by atoms with Crippen LogP contribution in [0.2, 0.25) is 0 Å². The van der Waals surface area contributed by atoms with Crippen LogP contribution in [0.5, 0.6) is 0 Å². The van der Waals surface area contributed by atoms with E-state index in [0.29, 0.717) is 6.07 Å². The van der Waals surface area contributed by atoms with Gasteiger partial charge in [0.1, 0.15) is 5.82 Å². The maximum absolute atomic E-state index is 13.0. The van der Waals surface area contributed by atoms with Crippen LogP contribution in [0.15, 0.2) is 22.7 Å². The molecule has 22 heavy (non-hydrogen) atoms. The molecule has 0 atom stereocenters. The Hall–Kier alpha value is -2.01. The average molecular weight is 339 g/mol. The van der Waals surface area contributed by atoms with Crippen molar-refractivity contribution in [3.63, 3.8) is 0 Å². The van der Waals surface area contributed by atoms with Gasteiger partial charge in [-0.3, -0.25) is 0 Å². The minimum Gasteiger partial charge on any atom is -0.338 e. The Bertz CT molecular complexity index is 786. The van der Waals surface area contributed by atoms with Crippen LogP contribution < -0.4 is 4.72 Å². The Morgan fingerprint density at radius 1 is 1.32 bits per heavy atom. The van der Waals surface area contributed by atoms with Gasteiger partial charge in [-0.15, -0.1) is 0 Å². The highest BCUT2D eigenvalue weighted by atomic mass is 32.2. The molecule has 0 aliphatic heterocycles. The summed E-state index contributed by atoms with van der Waals surface area (Å²) in [5, 5.41) is 3.35. The van der Waals surface area contributed by atoms with E-state index in [1.54, 1.807) is 0 Å². The van der Waals surface area contributed by atoms with Gasteiger partial charge in [-0.2, -0.15) is 18.2 Å². The summed E-state index contributed by atoms with van der Waals surface area (Å²) in [7, 11) is -3.52. The molecule has 1 aromatic heterocycles. The number of sulfonamides is 1. The first-order chi connectivity index (χ1) is 10.1. The number of rotatable bonds is 4. The molecular formula is C11H9F4N3O3S. The fourth-order valence-electron chi connectivity index (χ4n) is 1.57. The van der Waals surface area contributed by atoms with Gasteiger partial charge in [0.15, 0.2) is 0 Å². The largest absolute Gasteiger partial charge is 0.417 e. The molecule has 120 valence electrons. The lowest BCUT2D eigenvalue weighted by molar-refractivity contribution is -0.137. The van der Waals surface area contributed by atoms with E-state index < -0.39 is 39.0 Å². The quantitative estimate of drug-likeness (QED) is 0.861. The van der Waals surface area contributed by atoms with Crippen molar-refractivity contribution in [3.05, 3.63) is 35.5 Å². The molecule has 0 radical (unpaired) electrons. The van der Waals surface area contributed by atoms with Crippen LogP contribution in [-0.4, -0.2) is 24.8 Å². The average Bonchev–Trinajstić information content (AvgIpc) is 2.83. The zero-order valence-corrected chi connectivity index (χ0v) is 11.8. The minimum absolute atomic E-state index is 0.224. The Kier molecular flexibility index (Phi) is 4.20. The lowest BCUT2D eigenvalue weighted by atomic mass is 10.1. The molecular weight excluding hydrogens is 330 g/mol. The molecule has 0 amide bonds. The topological polar surface area (TPSA) is 85.1 Å². The van der Waals surface area contributed by atoms with Crippen LogP contribution in [0.25, 0.3) is 11.4 Å². The second-order valence-electron chi connectivity index (χ2n) is 4.29. The van der Waals surface area contributed by atoms with E-state index in [4.69, 9.17) is 0 Å². The van der Waals surface area contributed by atoms with Gasteiger partial charge < -0.3 is 4.52 Å². The Morgan fingerprint density at radius 2 is 2.00 bits per heavy atom. The Balaban J connectivity index is 2.35. The molecule has 11 heteroatoms. The summed E-state index contributed by atoms with van der Waals surface area (Å²) in [5.74, 6) is -1.70. The van der Waals surface area contributed by atoms with Gasteiger partial charge >= 0.3 is 6.18 Å². The van der Waals surface area contributed by atoms with Crippen molar-refractivity contribution in [2.24, 2.45) is 0 Å². The van der Waals surface area contributed by atoms with Crippen LogP contribution in [0.1, 0.15) is 11.5 Å². The summed E-state index contributed by atoms with van der Waals surface area (Å²) in [4.78, 5) is 3.66. The summed E-state index contributed by atoms with van der Waals surface area (Å²) in [6.45, 7) is -0.367. The van der Waals surface area contributed by atoms with Crippen LogP contribution in [-0.2, 0) is 22.7 Å². The Morgan fingerprint density at radius 3 is 2.59 bits per heavy atom. The van der Waals surface area contributed by atoms with Crippen LogP contribution >= 0.6 is 0 Å². The Labute approximate surface area is 122 Å².